The predicted octanol–water partition coefficient (Wildman–Crippen LogP) is 4.19. The second-order valence-electron chi connectivity index (χ2n) is 4.25. The number of alkyl halides is 6. The van der Waals surface area contributed by atoms with Gasteiger partial charge in [-0.1, -0.05) is 42.5 Å². The lowest BCUT2D eigenvalue weighted by Crippen LogP contribution is -2.52. The van der Waals surface area contributed by atoms with Gasteiger partial charge in [-0.3, -0.25) is 0 Å². The molecule has 0 unspecified atom stereocenters. The molecule has 0 aliphatic carbocycles. The van der Waals surface area contributed by atoms with Crippen LogP contribution in [0.2, 0.25) is 0 Å². The first kappa shape index (κ1) is 16.6. The maximum absolute atomic E-state index is 12.7. The van der Waals surface area contributed by atoms with Gasteiger partial charge in [0.2, 0.25) is 0 Å². The van der Waals surface area contributed by atoms with Crippen LogP contribution in [-0.4, -0.2) is 24.1 Å². The zero-order valence-electron chi connectivity index (χ0n) is 10.2. The van der Waals surface area contributed by atoms with Gasteiger partial charge in [0.25, 0.3) is 0 Å². The third-order valence-corrected chi connectivity index (χ3v) is 2.93. The number of halogens is 6. The van der Waals surface area contributed by atoms with Crippen LogP contribution in [0, 0.1) is 5.41 Å². The Kier molecular flexibility index (Phi) is 4.86. The van der Waals surface area contributed by atoms with Gasteiger partial charge in [0.15, 0.2) is 5.41 Å². The molecule has 0 bridgehead atoms. The molecule has 1 aromatic rings. The minimum Gasteiger partial charge on any atom is -0.395 e. The molecule has 0 spiro atoms. The van der Waals surface area contributed by atoms with Crippen molar-refractivity contribution in [1.82, 2.24) is 0 Å². The first-order chi connectivity index (χ1) is 9.14. The molecule has 0 aliphatic rings. The molecular weight excluding hydrogens is 286 g/mol. The zero-order chi connectivity index (χ0) is 15.4. The van der Waals surface area contributed by atoms with E-state index < -0.39 is 30.8 Å². The summed E-state index contributed by atoms with van der Waals surface area (Å²) in [6.07, 6.45) is -10.6. The second kappa shape index (κ2) is 5.87. The highest BCUT2D eigenvalue weighted by Crippen LogP contribution is 2.52. The van der Waals surface area contributed by atoms with E-state index in [1.54, 1.807) is 18.2 Å². The quantitative estimate of drug-likeness (QED) is 0.826. The standard InChI is InChI=1S/C13H12F6O/c14-12(15,16)11(9-20,13(17,18)19)8-4-7-10-5-2-1-3-6-10/h1-7,20H,8-9H2/b7-4+. The topological polar surface area (TPSA) is 20.2 Å². The van der Waals surface area contributed by atoms with Crippen LogP contribution in [0.15, 0.2) is 36.4 Å². The Hall–Kier alpha value is -1.50. The van der Waals surface area contributed by atoms with Gasteiger partial charge >= 0.3 is 12.4 Å². The van der Waals surface area contributed by atoms with Crippen LogP contribution in [0.1, 0.15) is 12.0 Å². The minimum atomic E-state index is -5.58. The van der Waals surface area contributed by atoms with Crippen LogP contribution in [0.25, 0.3) is 6.08 Å². The number of hydrogen-bond donors (Lipinski definition) is 1. The Morgan fingerprint density at radius 2 is 1.40 bits per heavy atom. The highest BCUT2D eigenvalue weighted by Gasteiger charge is 2.69. The summed E-state index contributed by atoms with van der Waals surface area (Å²) in [4.78, 5) is 0. The van der Waals surface area contributed by atoms with Crippen molar-refractivity contribution in [2.45, 2.75) is 18.8 Å². The fourth-order valence-corrected chi connectivity index (χ4v) is 1.60. The van der Waals surface area contributed by atoms with E-state index in [-0.39, 0.29) is 0 Å². The summed E-state index contributed by atoms with van der Waals surface area (Å²) in [7, 11) is 0. The lowest BCUT2D eigenvalue weighted by molar-refractivity contribution is -0.348. The monoisotopic (exact) mass is 298 g/mol. The zero-order valence-corrected chi connectivity index (χ0v) is 10.2. The van der Waals surface area contributed by atoms with Gasteiger partial charge in [0.05, 0.1) is 6.61 Å². The van der Waals surface area contributed by atoms with Gasteiger partial charge in [-0.15, -0.1) is 0 Å². The molecule has 0 radical (unpaired) electrons. The van der Waals surface area contributed by atoms with Crippen LogP contribution >= 0.6 is 0 Å². The summed E-state index contributed by atoms with van der Waals surface area (Å²) in [5.41, 5.74) is -3.66. The van der Waals surface area contributed by atoms with Crippen LogP contribution in [0.4, 0.5) is 26.3 Å². The molecule has 0 aliphatic heterocycles. The highest BCUT2D eigenvalue weighted by atomic mass is 19.4. The van der Waals surface area contributed by atoms with Crippen molar-refractivity contribution in [2.24, 2.45) is 5.41 Å². The van der Waals surface area contributed by atoms with E-state index in [0.29, 0.717) is 5.56 Å². The number of rotatable bonds is 4. The second-order valence-corrected chi connectivity index (χ2v) is 4.25. The average molecular weight is 298 g/mol. The van der Waals surface area contributed by atoms with E-state index in [0.717, 1.165) is 12.2 Å². The molecule has 112 valence electrons. The molecule has 0 saturated heterocycles. The maximum Gasteiger partial charge on any atom is 0.405 e. The number of allylic oxidation sites excluding steroid dienone is 1. The van der Waals surface area contributed by atoms with Crippen LogP contribution < -0.4 is 0 Å². The largest absolute Gasteiger partial charge is 0.405 e. The van der Waals surface area contributed by atoms with E-state index in [1.807, 2.05) is 0 Å². The molecule has 0 saturated carbocycles. The predicted molar refractivity (Wildman–Crippen MR) is 61.7 cm³/mol. The number of hydrogen-bond acceptors (Lipinski definition) is 1. The first-order valence-electron chi connectivity index (χ1n) is 5.60. The Morgan fingerprint density at radius 3 is 1.80 bits per heavy atom. The van der Waals surface area contributed by atoms with E-state index in [4.69, 9.17) is 5.11 Å². The summed E-state index contributed by atoms with van der Waals surface area (Å²) in [5, 5.41) is 8.67. The van der Waals surface area contributed by atoms with Crippen molar-refractivity contribution < 1.29 is 31.4 Å². The van der Waals surface area contributed by atoms with Gasteiger partial charge in [-0.2, -0.15) is 26.3 Å². The Balaban J connectivity index is 3.01. The van der Waals surface area contributed by atoms with Gasteiger partial charge in [0.1, 0.15) is 0 Å². The lowest BCUT2D eigenvalue weighted by Gasteiger charge is -2.34. The summed E-state index contributed by atoms with van der Waals surface area (Å²) in [6.45, 7) is -2.04. The van der Waals surface area contributed by atoms with Crippen molar-refractivity contribution in [2.75, 3.05) is 6.61 Å². The van der Waals surface area contributed by atoms with E-state index in [9.17, 15) is 26.3 Å². The Bertz CT molecular complexity index is 432. The normalized spacial score (nSPS) is 13.9. The SMILES string of the molecule is OCC(C/C=C/c1ccccc1)(C(F)(F)F)C(F)(F)F. The number of aliphatic hydroxyl groups is 1. The third-order valence-electron chi connectivity index (χ3n) is 2.93. The van der Waals surface area contributed by atoms with Gasteiger partial charge in [-0.25, -0.2) is 0 Å². The van der Waals surface area contributed by atoms with Crippen LogP contribution in [-0.2, 0) is 0 Å². The molecule has 1 rings (SSSR count). The molecule has 0 amide bonds. The molecule has 7 heteroatoms. The molecular formula is C13H12F6O. The average Bonchev–Trinajstić information content (AvgIpc) is 2.33. The highest BCUT2D eigenvalue weighted by molar-refractivity contribution is 5.48. The van der Waals surface area contributed by atoms with Crippen molar-refractivity contribution in [3.63, 3.8) is 0 Å². The Labute approximate surface area is 111 Å². The smallest absolute Gasteiger partial charge is 0.395 e. The minimum absolute atomic E-state index is 0.476. The van der Waals surface area contributed by atoms with E-state index in [1.165, 1.54) is 12.1 Å². The maximum atomic E-state index is 12.7. The molecule has 1 aromatic carbocycles. The summed E-state index contributed by atoms with van der Waals surface area (Å²) in [5.74, 6) is 0. The number of aliphatic hydroxyl groups excluding tert-OH is 1. The summed E-state index contributed by atoms with van der Waals surface area (Å²) in [6, 6.07) is 7.95. The van der Waals surface area contributed by atoms with Crippen LogP contribution in [0.5, 0.6) is 0 Å². The molecule has 1 N–H and O–H groups in total. The first-order valence-corrected chi connectivity index (χ1v) is 5.60. The van der Waals surface area contributed by atoms with Crippen LogP contribution in [0.3, 0.4) is 0 Å². The molecule has 20 heavy (non-hydrogen) atoms. The van der Waals surface area contributed by atoms with E-state index in [2.05, 4.69) is 0 Å². The van der Waals surface area contributed by atoms with Gasteiger partial charge in [-0.05, 0) is 12.0 Å². The van der Waals surface area contributed by atoms with Crippen molar-refractivity contribution in [3.8, 4) is 0 Å². The van der Waals surface area contributed by atoms with Crippen molar-refractivity contribution in [3.05, 3.63) is 42.0 Å². The third kappa shape index (κ3) is 3.33. The molecule has 0 heterocycles. The van der Waals surface area contributed by atoms with Crippen molar-refractivity contribution >= 4 is 6.08 Å². The molecule has 0 atom stereocenters. The lowest BCUT2D eigenvalue weighted by atomic mass is 9.83. The summed E-state index contributed by atoms with van der Waals surface area (Å²) >= 11 is 0. The van der Waals surface area contributed by atoms with Crippen molar-refractivity contribution in [1.29, 1.82) is 0 Å². The fraction of sp³-hybridized carbons (Fsp3) is 0.385. The molecule has 0 aromatic heterocycles. The van der Waals surface area contributed by atoms with Gasteiger partial charge < -0.3 is 5.11 Å². The molecule has 0 fully saturated rings. The summed E-state index contributed by atoms with van der Waals surface area (Å²) < 4.78 is 76.1. The Morgan fingerprint density at radius 1 is 0.900 bits per heavy atom. The van der Waals surface area contributed by atoms with E-state index >= 15 is 0 Å². The number of benzene rings is 1. The fourth-order valence-electron chi connectivity index (χ4n) is 1.60. The van der Waals surface area contributed by atoms with Gasteiger partial charge in [0, 0.05) is 0 Å². The molecule has 1 nitrogen and oxygen atoms in total.